The van der Waals surface area contributed by atoms with E-state index in [9.17, 15) is 0 Å². The summed E-state index contributed by atoms with van der Waals surface area (Å²) in [6.07, 6.45) is 1.04. The molecule has 3 rings (SSSR count). The van der Waals surface area contributed by atoms with Gasteiger partial charge in [0.15, 0.2) is 5.82 Å². The number of aromatic nitrogens is 2. The molecule has 156 valence electrons. The van der Waals surface area contributed by atoms with Gasteiger partial charge in [-0.2, -0.15) is 9.36 Å². The van der Waals surface area contributed by atoms with Gasteiger partial charge in [-0.25, -0.2) is 0 Å². The highest BCUT2D eigenvalue weighted by Gasteiger charge is 2.12. The molecule has 0 bridgehead atoms. The molecule has 29 heavy (non-hydrogen) atoms. The van der Waals surface area contributed by atoms with Crippen LogP contribution in [0.25, 0.3) is 11.4 Å². The molecule has 1 heterocycles. The van der Waals surface area contributed by atoms with Gasteiger partial charge < -0.3 is 9.64 Å². The summed E-state index contributed by atoms with van der Waals surface area (Å²) in [7, 11) is 2.15. The van der Waals surface area contributed by atoms with Gasteiger partial charge in [-0.1, -0.05) is 36.7 Å². The molecule has 3 aromatic rings. The van der Waals surface area contributed by atoms with Crippen molar-refractivity contribution in [1.29, 1.82) is 0 Å². The highest BCUT2D eigenvalue weighted by Crippen LogP contribution is 2.32. The zero-order chi connectivity index (χ0) is 20.3. The molecule has 1 aromatic heterocycles. The van der Waals surface area contributed by atoms with Crippen LogP contribution >= 0.6 is 35.5 Å². The van der Waals surface area contributed by atoms with Crippen molar-refractivity contribution in [3.8, 4) is 22.3 Å². The summed E-state index contributed by atoms with van der Waals surface area (Å²) in [4.78, 5) is 6.85. The molecule has 4 nitrogen and oxygen atoms in total. The van der Waals surface area contributed by atoms with Gasteiger partial charge in [0.25, 0.3) is 5.19 Å². The maximum Gasteiger partial charge on any atom is 0.299 e. The second-order valence-electron chi connectivity index (χ2n) is 7.14. The molecular weight excluding hydrogens is 425 g/mol. The fourth-order valence-corrected chi connectivity index (χ4v) is 3.64. The Labute approximate surface area is 188 Å². The normalized spacial score (nSPS) is 10.9. The molecule has 0 atom stereocenters. The Hall–Kier alpha value is -1.66. The quantitative estimate of drug-likeness (QED) is 0.411. The van der Waals surface area contributed by atoms with E-state index in [1.165, 1.54) is 22.7 Å². The summed E-state index contributed by atoms with van der Waals surface area (Å²) in [6, 6.07) is 10.2. The number of halogens is 2. The van der Waals surface area contributed by atoms with Crippen molar-refractivity contribution >= 4 is 35.5 Å². The molecule has 2 aromatic carbocycles. The first kappa shape index (κ1) is 23.6. The molecule has 7 heteroatoms. The average molecular weight is 452 g/mol. The molecule has 0 amide bonds. The zero-order valence-electron chi connectivity index (χ0n) is 17.5. The van der Waals surface area contributed by atoms with E-state index in [1.807, 2.05) is 25.1 Å². The van der Waals surface area contributed by atoms with Crippen LogP contribution in [-0.4, -0.2) is 34.4 Å². The smallest absolute Gasteiger partial charge is 0.299 e. The summed E-state index contributed by atoms with van der Waals surface area (Å²) < 4.78 is 10.5. The Bertz CT molecular complexity index is 975. The maximum absolute atomic E-state index is 6.22. The minimum absolute atomic E-state index is 0. The summed E-state index contributed by atoms with van der Waals surface area (Å²) in [6.45, 7) is 10.5. The molecule has 0 N–H and O–H groups in total. The summed E-state index contributed by atoms with van der Waals surface area (Å²) in [5.74, 6) is 1.46. The molecular formula is C22H27Cl2N3OS. The van der Waals surface area contributed by atoms with Crippen molar-refractivity contribution in [2.75, 3.05) is 20.1 Å². The molecule has 0 aliphatic carbocycles. The van der Waals surface area contributed by atoms with E-state index in [0.717, 1.165) is 42.0 Å². The Morgan fingerprint density at radius 1 is 1.07 bits per heavy atom. The fourth-order valence-electron chi connectivity index (χ4n) is 2.89. The first-order valence-corrected chi connectivity index (χ1v) is 10.6. The molecule has 0 unspecified atom stereocenters. The molecule has 0 saturated heterocycles. The van der Waals surface area contributed by atoms with Gasteiger partial charge in [0, 0.05) is 28.7 Å². The van der Waals surface area contributed by atoms with E-state index in [0.29, 0.717) is 16.0 Å². The van der Waals surface area contributed by atoms with Crippen LogP contribution < -0.4 is 4.74 Å². The number of benzene rings is 2. The van der Waals surface area contributed by atoms with E-state index in [2.05, 4.69) is 54.2 Å². The number of likely N-dealkylation sites (N-methyl/N-ethyl adjacent to an activating group) is 1. The van der Waals surface area contributed by atoms with Gasteiger partial charge >= 0.3 is 0 Å². The van der Waals surface area contributed by atoms with Crippen LogP contribution in [0, 0.1) is 20.8 Å². The molecule has 0 saturated carbocycles. The highest BCUT2D eigenvalue weighted by atomic mass is 35.5. The van der Waals surface area contributed by atoms with Gasteiger partial charge in [0.1, 0.15) is 5.75 Å². The number of hydrogen-bond acceptors (Lipinski definition) is 5. The average Bonchev–Trinajstić information content (AvgIpc) is 3.13. The predicted octanol–water partition coefficient (Wildman–Crippen LogP) is 6.49. The lowest BCUT2D eigenvalue weighted by molar-refractivity contribution is 0.357. The van der Waals surface area contributed by atoms with Crippen LogP contribution in [0.1, 0.15) is 29.2 Å². The predicted molar refractivity (Wildman–Crippen MR) is 125 cm³/mol. The Kier molecular flexibility index (Phi) is 8.46. The summed E-state index contributed by atoms with van der Waals surface area (Å²) >= 11 is 7.47. The third kappa shape index (κ3) is 5.92. The lowest BCUT2D eigenvalue weighted by Crippen LogP contribution is -2.20. The Balaban J connectivity index is 0.00000300. The van der Waals surface area contributed by atoms with Crippen molar-refractivity contribution in [2.45, 2.75) is 34.1 Å². The standard InChI is InChI=1S/C22H26ClN3OS.ClH/c1-6-26(5)10-9-17-11-16(4)20(12-15(17)3)27-22-24-21(25-28-22)18-8-7-14(2)19(23)13-18;/h7-8,11-13H,6,9-10H2,1-5H3;1H. The number of hydrogen-bond donors (Lipinski definition) is 0. The third-order valence-corrected chi connectivity index (χ3v) is 5.97. The van der Waals surface area contributed by atoms with Gasteiger partial charge in [0.05, 0.1) is 0 Å². The first-order valence-electron chi connectivity index (χ1n) is 9.44. The highest BCUT2D eigenvalue weighted by molar-refractivity contribution is 7.07. The first-order chi connectivity index (χ1) is 13.4. The number of aryl methyl sites for hydroxylation is 3. The number of ether oxygens (including phenoxy) is 1. The maximum atomic E-state index is 6.22. The van der Waals surface area contributed by atoms with Crippen molar-refractivity contribution in [1.82, 2.24) is 14.3 Å². The van der Waals surface area contributed by atoms with E-state index in [-0.39, 0.29) is 12.4 Å². The number of nitrogens with zero attached hydrogens (tertiary/aromatic N) is 3. The largest absolute Gasteiger partial charge is 0.430 e. The summed E-state index contributed by atoms with van der Waals surface area (Å²) in [5, 5.41) is 1.25. The molecule has 0 spiro atoms. The monoisotopic (exact) mass is 451 g/mol. The fraction of sp³-hybridized carbons (Fsp3) is 0.364. The van der Waals surface area contributed by atoms with Gasteiger partial charge in [-0.05, 0) is 75.2 Å². The van der Waals surface area contributed by atoms with Crippen LogP contribution in [0.5, 0.6) is 10.9 Å². The minimum atomic E-state index is 0. The third-order valence-electron chi connectivity index (χ3n) is 4.97. The van der Waals surface area contributed by atoms with Crippen LogP contribution in [0.2, 0.25) is 5.02 Å². The van der Waals surface area contributed by atoms with Gasteiger partial charge in [0.2, 0.25) is 0 Å². The van der Waals surface area contributed by atoms with E-state index < -0.39 is 0 Å². The molecule has 0 aliphatic rings. The van der Waals surface area contributed by atoms with Gasteiger partial charge in [-0.3, -0.25) is 0 Å². The van der Waals surface area contributed by atoms with E-state index >= 15 is 0 Å². The van der Waals surface area contributed by atoms with Crippen LogP contribution in [0.15, 0.2) is 30.3 Å². The van der Waals surface area contributed by atoms with Crippen LogP contribution in [0.3, 0.4) is 0 Å². The van der Waals surface area contributed by atoms with Crippen LogP contribution in [-0.2, 0) is 6.42 Å². The number of rotatable bonds is 7. The second kappa shape index (κ2) is 10.4. The van der Waals surface area contributed by atoms with E-state index in [1.54, 1.807) is 0 Å². The van der Waals surface area contributed by atoms with Crippen molar-refractivity contribution in [2.24, 2.45) is 0 Å². The van der Waals surface area contributed by atoms with Crippen molar-refractivity contribution in [3.63, 3.8) is 0 Å². The lowest BCUT2D eigenvalue weighted by Gasteiger charge is -2.16. The summed E-state index contributed by atoms with van der Waals surface area (Å²) in [5.41, 5.74) is 5.63. The minimum Gasteiger partial charge on any atom is -0.430 e. The Morgan fingerprint density at radius 3 is 2.52 bits per heavy atom. The lowest BCUT2D eigenvalue weighted by atomic mass is 10.0. The van der Waals surface area contributed by atoms with Crippen molar-refractivity contribution in [3.05, 3.63) is 57.6 Å². The topological polar surface area (TPSA) is 38.2 Å². The second-order valence-corrected chi connectivity index (χ2v) is 8.26. The molecule has 0 fully saturated rings. The van der Waals surface area contributed by atoms with Crippen LogP contribution in [0.4, 0.5) is 0 Å². The molecule has 0 radical (unpaired) electrons. The Morgan fingerprint density at radius 2 is 1.83 bits per heavy atom. The van der Waals surface area contributed by atoms with Crippen molar-refractivity contribution < 1.29 is 4.74 Å². The van der Waals surface area contributed by atoms with Gasteiger partial charge in [-0.15, -0.1) is 12.4 Å². The molecule has 0 aliphatic heterocycles. The van der Waals surface area contributed by atoms with E-state index in [4.69, 9.17) is 16.3 Å². The SMILES string of the molecule is CCN(C)CCc1cc(C)c(Oc2nc(-c3ccc(C)c(Cl)c3)ns2)cc1C.Cl. The zero-order valence-corrected chi connectivity index (χ0v) is 19.8.